The van der Waals surface area contributed by atoms with Gasteiger partial charge < -0.3 is 20.2 Å². The zero-order chi connectivity index (χ0) is 19.3. The maximum atomic E-state index is 9.26. The lowest BCUT2D eigenvalue weighted by Gasteiger charge is -2.33. The van der Waals surface area contributed by atoms with Gasteiger partial charge in [-0.3, -0.25) is 9.89 Å². The van der Waals surface area contributed by atoms with E-state index in [1.165, 1.54) is 19.3 Å². The first-order valence-corrected chi connectivity index (χ1v) is 10.7. The van der Waals surface area contributed by atoms with Crippen LogP contribution in [0.3, 0.4) is 0 Å². The molecule has 28 heavy (non-hydrogen) atoms. The third kappa shape index (κ3) is 8.69. The number of guanidine groups is 1. The van der Waals surface area contributed by atoms with Crippen LogP contribution in [0.25, 0.3) is 0 Å². The maximum Gasteiger partial charge on any atom is 0.191 e. The number of hydrogen-bond donors (Lipinski definition) is 3. The molecule has 0 aliphatic carbocycles. The van der Waals surface area contributed by atoms with Gasteiger partial charge in [-0.15, -0.1) is 24.0 Å². The number of piperidine rings is 1. The fourth-order valence-corrected chi connectivity index (χ4v) is 3.79. The molecule has 3 N–H and O–H groups in total. The first-order valence-electron chi connectivity index (χ1n) is 10.7. The molecule has 2 unspecified atom stereocenters. The summed E-state index contributed by atoms with van der Waals surface area (Å²) in [7, 11) is 0. The number of aliphatic imine (C=N–C) groups is 1. The fourth-order valence-electron chi connectivity index (χ4n) is 3.79. The molecular formula is C21H39IN4O2. The van der Waals surface area contributed by atoms with Gasteiger partial charge in [0.2, 0.25) is 0 Å². The van der Waals surface area contributed by atoms with Gasteiger partial charge in [0, 0.05) is 26.2 Å². The molecule has 2 atom stereocenters. The number of aliphatic hydroxyl groups excluding tert-OH is 1. The molecule has 1 saturated heterocycles. The number of likely N-dealkylation sites (tertiary alicyclic amines) is 1. The molecule has 162 valence electrons. The van der Waals surface area contributed by atoms with Crippen LogP contribution in [0.5, 0.6) is 0 Å². The van der Waals surface area contributed by atoms with E-state index in [-0.39, 0.29) is 36.6 Å². The monoisotopic (exact) mass is 506 g/mol. The first kappa shape index (κ1) is 25.2. The second-order valence-electron chi connectivity index (χ2n) is 7.40. The van der Waals surface area contributed by atoms with Crippen LogP contribution in [-0.4, -0.2) is 55.3 Å². The SMILES string of the molecule is CCCC(CCO)CN=C(NCC)NCC(c1ccco1)N1CCCCC1.I. The molecule has 2 heterocycles. The van der Waals surface area contributed by atoms with Crippen LogP contribution < -0.4 is 10.6 Å². The molecular weight excluding hydrogens is 467 g/mol. The Hall–Kier alpha value is -0.800. The summed E-state index contributed by atoms with van der Waals surface area (Å²) in [5, 5.41) is 16.1. The average Bonchev–Trinajstić information content (AvgIpc) is 3.21. The molecule has 1 aliphatic heterocycles. The minimum Gasteiger partial charge on any atom is -0.468 e. The molecule has 0 bridgehead atoms. The minimum atomic E-state index is 0. The molecule has 6 nitrogen and oxygen atoms in total. The third-order valence-electron chi connectivity index (χ3n) is 5.25. The fraction of sp³-hybridized carbons (Fsp3) is 0.762. The van der Waals surface area contributed by atoms with Crippen molar-refractivity contribution in [2.75, 3.05) is 39.3 Å². The lowest BCUT2D eigenvalue weighted by Crippen LogP contribution is -2.44. The van der Waals surface area contributed by atoms with Crippen molar-refractivity contribution in [1.29, 1.82) is 0 Å². The molecule has 0 saturated carbocycles. The largest absolute Gasteiger partial charge is 0.468 e. The van der Waals surface area contributed by atoms with E-state index < -0.39 is 0 Å². The normalized spacial score (nSPS) is 17.6. The van der Waals surface area contributed by atoms with Gasteiger partial charge in [0.1, 0.15) is 5.76 Å². The Morgan fingerprint density at radius 2 is 2.00 bits per heavy atom. The third-order valence-corrected chi connectivity index (χ3v) is 5.25. The second-order valence-corrected chi connectivity index (χ2v) is 7.40. The number of nitrogens with zero attached hydrogens (tertiary/aromatic N) is 2. The summed E-state index contributed by atoms with van der Waals surface area (Å²) < 4.78 is 5.73. The molecule has 2 rings (SSSR count). The predicted molar refractivity (Wildman–Crippen MR) is 126 cm³/mol. The van der Waals surface area contributed by atoms with Gasteiger partial charge in [-0.25, -0.2) is 0 Å². The summed E-state index contributed by atoms with van der Waals surface area (Å²) in [5.41, 5.74) is 0. The van der Waals surface area contributed by atoms with Crippen LogP contribution in [0.1, 0.15) is 64.2 Å². The van der Waals surface area contributed by atoms with Crippen LogP contribution in [-0.2, 0) is 0 Å². The Labute approximate surface area is 187 Å². The second kappa shape index (κ2) is 15.1. The zero-order valence-electron chi connectivity index (χ0n) is 17.5. The van der Waals surface area contributed by atoms with Crippen LogP contribution in [0.4, 0.5) is 0 Å². The highest BCUT2D eigenvalue weighted by Gasteiger charge is 2.24. The van der Waals surface area contributed by atoms with Crippen LogP contribution in [0, 0.1) is 5.92 Å². The van der Waals surface area contributed by atoms with E-state index in [1.54, 1.807) is 6.26 Å². The molecule has 1 aromatic heterocycles. The van der Waals surface area contributed by atoms with Crippen molar-refractivity contribution in [3.05, 3.63) is 24.2 Å². The van der Waals surface area contributed by atoms with E-state index in [2.05, 4.69) is 35.4 Å². The zero-order valence-corrected chi connectivity index (χ0v) is 19.9. The van der Waals surface area contributed by atoms with Crippen LogP contribution in [0.2, 0.25) is 0 Å². The van der Waals surface area contributed by atoms with Gasteiger partial charge >= 0.3 is 0 Å². The number of furan rings is 1. The van der Waals surface area contributed by atoms with Crippen molar-refractivity contribution in [2.24, 2.45) is 10.9 Å². The first-order chi connectivity index (χ1) is 13.3. The van der Waals surface area contributed by atoms with Crippen molar-refractivity contribution in [2.45, 2.75) is 58.4 Å². The molecule has 0 aromatic carbocycles. The average molecular weight is 506 g/mol. The van der Waals surface area contributed by atoms with Crippen LogP contribution in [0.15, 0.2) is 27.8 Å². The molecule has 0 radical (unpaired) electrons. The van der Waals surface area contributed by atoms with E-state index in [4.69, 9.17) is 9.41 Å². The summed E-state index contributed by atoms with van der Waals surface area (Å²) >= 11 is 0. The summed E-state index contributed by atoms with van der Waals surface area (Å²) in [6.07, 6.45) is 8.64. The molecule has 1 aliphatic rings. The molecule has 1 aromatic rings. The van der Waals surface area contributed by atoms with Crippen molar-refractivity contribution in [1.82, 2.24) is 15.5 Å². The van der Waals surface area contributed by atoms with Gasteiger partial charge in [-0.05, 0) is 63.7 Å². The van der Waals surface area contributed by atoms with Crippen molar-refractivity contribution < 1.29 is 9.52 Å². The van der Waals surface area contributed by atoms with Gasteiger partial charge in [0.05, 0.1) is 12.3 Å². The number of rotatable bonds is 11. The van der Waals surface area contributed by atoms with Gasteiger partial charge in [0.15, 0.2) is 5.96 Å². The van der Waals surface area contributed by atoms with Gasteiger partial charge in [-0.1, -0.05) is 19.8 Å². The highest BCUT2D eigenvalue weighted by atomic mass is 127. The van der Waals surface area contributed by atoms with Crippen molar-refractivity contribution in [3.8, 4) is 0 Å². The summed E-state index contributed by atoms with van der Waals surface area (Å²) in [4.78, 5) is 7.30. The predicted octanol–water partition coefficient (Wildman–Crippen LogP) is 3.78. The highest BCUT2D eigenvalue weighted by molar-refractivity contribution is 14.0. The topological polar surface area (TPSA) is 73.0 Å². The summed E-state index contributed by atoms with van der Waals surface area (Å²) in [6.45, 7) is 9.11. The highest BCUT2D eigenvalue weighted by Crippen LogP contribution is 2.24. The molecule has 0 spiro atoms. The maximum absolute atomic E-state index is 9.26. The van der Waals surface area contributed by atoms with E-state index in [1.807, 2.05) is 6.07 Å². The van der Waals surface area contributed by atoms with E-state index in [0.717, 1.165) is 63.7 Å². The Bertz CT molecular complexity index is 512. The Kier molecular flexibility index (Phi) is 13.6. The molecule has 0 amide bonds. The van der Waals surface area contributed by atoms with Gasteiger partial charge in [-0.2, -0.15) is 0 Å². The summed E-state index contributed by atoms with van der Waals surface area (Å²) in [5.74, 6) is 2.31. The molecule has 1 fully saturated rings. The minimum absolute atomic E-state index is 0. The molecule has 7 heteroatoms. The quantitative estimate of drug-likeness (QED) is 0.242. The standard InChI is InChI=1S/C21H38N4O2.HI/c1-3-9-18(11-14-26)16-23-21(22-4-2)24-17-19(20-10-8-15-27-20)25-12-6-5-7-13-25;/h8,10,15,18-19,26H,3-7,9,11-14,16-17H2,1-2H3,(H2,22,23,24);1H. The van der Waals surface area contributed by atoms with Crippen molar-refractivity contribution in [3.63, 3.8) is 0 Å². The van der Waals surface area contributed by atoms with E-state index in [9.17, 15) is 5.11 Å². The smallest absolute Gasteiger partial charge is 0.191 e. The number of nitrogens with one attached hydrogen (secondary N) is 2. The van der Waals surface area contributed by atoms with E-state index >= 15 is 0 Å². The van der Waals surface area contributed by atoms with Crippen LogP contribution >= 0.6 is 24.0 Å². The number of aliphatic hydroxyl groups is 1. The lowest BCUT2D eigenvalue weighted by atomic mass is 10.0. The van der Waals surface area contributed by atoms with Gasteiger partial charge in [0.25, 0.3) is 0 Å². The Morgan fingerprint density at radius 1 is 1.21 bits per heavy atom. The Morgan fingerprint density at radius 3 is 2.61 bits per heavy atom. The van der Waals surface area contributed by atoms with Crippen molar-refractivity contribution >= 4 is 29.9 Å². The lowest BCUT2D eigenvalue weighted by molar-refractivity contribution is 0.146. The Balaban J connectivity index is 0.00000392. The number of hydrogen-bond acceptors (Lipinski definition) is 4. The van der Waals surface area contributed by atoms with E-state index in [0.29, 0.717) is 5.92 Å². The number of halogens is 1. The summed E-state index contributed by atoms with van der Waals surface area (Å²) in [6, 6.07) is 4.27.